The first-order valence-electron chi connectivity index (χ1n) is 9.54. The molecule has 25 heavy (non-hydrogen) atoms. The summed E-state index contributed by atoms with van der Waals surface area (Å²) in [6.07, 6.45) is 7.98. The molecule has 1 aliphatic carbocycles. The van der Waals surface area contributed by atoms with Gasteiger partial charge < -0.3 is 15.0 Å². The summed E-state index contributed by atoms with van der Waals surface area (Å²) in [6, 6.07) is 0. The summed E-state index contributed by atoms with van der Waals surface area (Å²) >= 11 is 0. The number of esters is 1. The quantitative estimate of drug-likeness (QED) is 0.610. The highest BCUT2D eigenvalue weighted by atomic mass is 16.6. The van der Waals surface area contributed by atoms with E-state index in [1.165, 1.54) is 0 Å². The lowest BCUT2D eigenvalue weighted by atomic mass is 9.84. The molecule has 0 aromatic carbocycles. The molecule has 0 unspecified atom stereocenters. The van der Waals surface area contributed by atoms with Crippen LogP contribution in [0.3, 0.4) is 0 Å². The van der Waals surface area contributed by atoms with Crippen LogP contribution in [-0.2, 0) is 19.1 Å². The average Bonchev–Trinajstić information content (AvgIpc) is 2.98. The van der Waals surface area contributed by atoms with E-state index in [4.69, 9.17) is 4.74 Å². The Labute approximate surface area is 149 Å². The van der Waals surface area contributed by atoms with Gasteiger partial charge in [-0.25, -0.2) is 4.79 Å². The lowest BCUT2D eigenvalue weighted by molar-refractivity contribution is -0.148. The van der Waals surface area contributed by atoms with Gasteiger partial charge in [-0.05, 0) is 45.4 Å². The molecule has 2 fully saturated rings. The molecule has 0 radical (unpaired) electrons. The van der Waals surface area contributed by atoms with Crippen molar-refractivity contribution in [2.75, 3.05) is 19.6 Å². The van der Waals surface area contributed by atoms with E-state index in [1.807, 2.05) is 4.90 Å². The Morgan fingerprint density at radius 2 is 1.88 bits per heavy atom. The van der Waals surface area contributed by atoms with Crippen LogP contribution < -0.4 is 5.32 Å². The number of nitrogens with zero attached hydrogens (tertiary/aromatic N) is 1. The van der Waals surface area contributed by atoms with Crippen molar-refractivity contribution in [2.45, 2.75) is 70.3 Å². The normalized spacial score (nSPS) is 23.2. The Morgan fingerprint density at radius 3 is 2.52 bits per heavy atom. The number of carbonyl (C=O) groups is 3. The molecule has 1 saturated heterocycles. The van der Waals surface area contributed by atoms with Gasteiger partial charge in [0.1, 0.15) is 5.60 Å². The van der Waals surface area contributed by atoms with Crippen LogP contribution in [0.5, 0.6) is 0 Å². The van der Waals surface area contributed by atoms with Crippen LogP contribution in [0.25, 0.3) is 0 Å². The van der Waals surface area contributed by atoms with Crippen molar-refractivity contribution in [2.24, 2.45) is 0 Å². The number of ether oxygens (including phenoxy) is 1. The fourth-order valence-electron chi connectivity index (χ4n) is 4.28. The molecule has 6 nitrogen and oxygen atoms in total. The van der Waals surface area contributed by atoms with Gasteiger partial charge in [-0.1, -0.05) is 12.8 Å². The van der Waals surface area contributed by atoms with Crippen molar-refractivity contribution >= 4 is 17.8 Å². The molecule has 2 amide bonds. The number of likely N-dealkylation sites (tertiary alicyclic amines) is 1. The van der Waals surface area contributed by atoms with E-state index in [9.17, 15) is 14.4 Å². The Bertz CT molecular complexity index is 588. The largest absolute Gasteiger partial charge is 0.451 e. The molecular weight excluding hydrogens is 320 g/mol. The highest BCUT2D eigenvalue weighted by molar-refractivity contribution is 6.07. The summed E-state index contributed by atoms with van der Waals surface area (Å²) in [5.74, 6) is -0.329. The number of amides is 2. The fraction of sp³-hybridized carbons (Fsp3) is 0.737. The van der Waals surface area contributed by atoms with Crippen LogP contribution in [0.15, 0.2) is 11.1 Å². The fourth-order valence-corrected chi connectivity index (χ4v) is 4.28. The molecule has 138 valence electrons. The zero-order valence-electron chi connectivity index (χ0n) is 15.1. The smallest absolute Gasteiger partial charge is 0.335 e. The van der Waals surface area contributed by atoms with Gasteiger partial charge >= 0.3 is 5.97 Å². The summed E-state index contributed by atoms with van der Waals surface area (Å²) in [6.45, 7) is 3.70. The zero-order valence-corrected chi connectivity index (χ0v) is 15.1. The average molecular weight is 348 g/mol. The molecule has 0 aromatic heterocycles. The van der Waals surface area contributed by atoms with Gasteiger partial charge in [-0.3, -0.25) is 9.59 Å². The molecule has 0 bridgehead atoms. The molecule has 1 saturated carbocycles. The Hall–Kier alpha value is -1.85. The predicted molar refractivity (Wildman–Crippen MR) is 92.7 cm³/mol. The summed E-state index contributed by atoms with van der Waals surface area (Å²) < 4.78 is 5.69. The molecule has 3 rings (SSSR count). The van der Waals surface area contributed by atoms with E-state index in [-0.39, 0.29) is 17.8 Å². The second kappa shape index (κ2) is 7.58. The lowest BCUT2D eigenvalue weighted by Gasteiger charge is -2.29. The van der Waals surface area contributed by atoms with Gasteiger partial charge in [0.2, 0.25) is 5.91 Å². The summed E-state index contributed by atoms with van der Waals surface area (Å²) in [7, 11) is 0. The monoisotopic (exact) mass is 348 g/mol. The van der Waals surface area contributed by atoms with Crippen molar-refractivity contribution in [3.05, 3.63) is 11.1 Å². The van der Waals surface area contributed by atoms with Crippen LogP contribution in [0.2, 0.25) is 0 Å². The molecule has 0 aromatic rings. The van der Waals surface area contributed by atoms with Gasteiger partial charge in [0.25, 0.3) is 5.91 Å². The SMILES string of the molecule is CC1=C(C(=O)NCCCN2CCCC2=O)C2(CCCCCC2)OC1=O. The van der Waals surface area contributed by atoms with E-state index in [2.05, 4.69) is 5.32 Å². The molecule has 1 spiro atoms. The van der Waals surface area contributed by atoms with E-state index in [0.29, 0.717) is 30.7 Å². The van der Waals surface area contributed by atoms with Gasteiger partial charge in [0.15, 0.2) is 0 Å². The number of carbonyl (C=O) groups excluding carboxylic acids is 3. The van der Waals surface area contributed by atoms with Gasteiger partial charge in [0.05, 0.1) is 5.57 Å². The Balaban J connectivity index is 1.58. The second-order valence-corrected chi connectivity index (χ2v) is 7.39. The van der Waals surface area contributed by atoms with Gasteiger partial charge in [-0.2, -0.15) is 0 Å². The standard InChI is InChI=1S/C19H28N2O4/c1-14-16(19(25-18(14)24)9-4-2-3-5-10-19)17(23)20-11-7-13-21-12-6-8-15(21)22/h2-13H2,1H3,(H,20,23). The third kappa shape index (κ3) is 3.72. The maximum absolute atomic E-state index is 12.8. The first-order valence-corrected chi connectivity index (χ1v) is 9.54. The maximum Gasteiger partial charge on any atom is 0.335 e. The third-order valence-electron chi connectivity index (χ3n) is 5.62. The first-order chi connectivity index (χ1) is 12.0. The third-order valence-corrected chi connectivity index (χ3v) is 5.62. The molecule has 2 aliphatic heterocycles. The molecule has 2 heterocycles. The Morgan fingerprint density at radius 1 is 1.16 bits per heavy atom. The molecular formula is C19H28N2O4. The molecule has 1 N–H and O–H groups in total. The summed E-state index contributed by atoms with van der Waals surface area (Å²) in [4.78, 5) is 38.3. The van der Waals surface area contributed by atoms with Gasteiger partial charge in [-0.15, -0.1) is 0 Å². The van der Waals surface area contributed by atoms with Crippen molar-refractivity contribution < 1.29 is 19.1 Å². The molecule has 0 atom stereocenters. The lowest BCUT2D eigenvalue weighted by Crippen LogP contribution is -2.40. The van der Waals surface area contributed by atoms with Crippen molar-refractivity contribution in [3.63, 3.8) is 0 Å². The molecule has 6 heteroatoms. The van der Waals surface area contributed by atoms with Gasteiger partial charge in [0, 0.05) is 31.6 Å². The minimum Gasteiger partial charge on any atom is -0.451 e. The van der Waals surface area contributed by atoms with E-state index in [1.54, 1.807) is 6.92 Å². The number of nitrogens with one attached hydrogen (secondary N) is 1. The summed E-state index contributed by atoms with van der Waals surface area (Å²) in [5, 5.41) is 2.94. The zero-order chi connectivity index (χ0) is 17.9. The number of hydrogen-bond donors (Lipinski definition) is 1. The van der Waals surface area contributed by atoms with Crippen LogP contribution >= 0.6 is 0 Å². The minimum absolute atomic E-state index is 0.182. The van der Waals surface area contributed by atoms with Crippen LogP contribution in [-0.4, -0.2) is 47.9 Å². The van der Waals surface area contributed by atoms with Crippen molar-refractivity contribution in [3.8, 4) is 0 Å². The van der Waals surface area contributed by atoms with E-state index in [0.717, 1.165) is 57.9 Å². The van der Waals surface area contributed by atoms with Crippen LogP contribution in [0, 0.1) is 0 Å². The van der Waals surface area contributed by atoms with Crippen LogP contribution in [0.4, 0.5) is 0 Å². The van der Waals surface area contributed by atoms with Crippen molar-refractivity contribution in [1.82, 2.24) is 10.2 Å². The van der Waals surface area contributed by atoms with Crippen molar-refractivity contribution in [1.29, 1.82) is 0 Å². The predicted octanol–water partition coefficient (Wildman–Crippen LogP) is 2.08. The van der Waals surface area contributed by atoms with Crippen LogP contribution in [0.1, 0.15) is 64.7 Å². The topological polar surface area (TPSA) is 75.7 Å². The number of hydrogen-bond acceptors (Lipinski definition) is 4. The van der Waals surface area contributed by atoms with E-state index < -0.39 is 5.60 Å². The summed E-state index contributed by atoms with van der Waals surface area (Å²) in [5.41, 5.74) is 0.276. The highest BCUT2D eigenvalue weighted by Crippen LogP contribution is 2.42. The molecule has 3 aliphatic rings. The maximum atomic E-state index is 12.8. The first kappa shape index (κ1) is 18.0. The van der Waals surface area contributed by atoms with E-state index >= 15 is 0 Å². The second-order valence-electron chi connectivity index (χ2n) is 7.39. The highest BCUT2D eigenvalue weighted by Gasteiger charge is 2.48. The minimum atomic E-state index is -0.716. The number of rotatable bonds is 5. The Kier molecular flexibility index (Phi) is 5.45.